The van der Waals surface area contributed by atoms with Gasteiger partial charge in [0, 0.05) is 23.2 Å². The van der Waals surface area contributed by atoms with Crippen LogP contribution in [-0.4, -0.2) is 19.7 Å². The van der Waals surface area contributed by atoms with Gasteiger partial charge >= 0.3 is 0 Å². The van der Waals surface area contributed by atoms with E-state index >= 15 is 0 Å². The smallest absolute Gasteiger partial charge is 0.155 e. The van der Waals surface area contributed by atoms with Crippen molar-refractivity contribution in [3.05, 3.63) is 48.3 Å². The van der Waals surface area contributed by atoms with E-state index in [4.69, 9.17) is 0 Å². The van der Waals surface area contributed by atoms with Crippen molar-refractivity contribution >= 4 is 5.65 Å². The molecule has 0 radical (unpaired) electrons. The molecule has 0 amide bonds. The lowest BCUT2D eigenvalue weighted by Crippen LogP contribution is -2.11. The molecule has 4 heteroatoms. The third-order valence-corrected chi connectivity index (χ3v) is 3.27. The van der Waals surface area contributed by atoms with Crippen molar-refractivity contribution in [3.8, 4) is 17.0 Å². The SMILES string of the molecule is CC(C)(C)c1cc2nc(-c3ccccc3O)ccn2n1. The van der Waals surface area contributed by atoms with Gasteiger partial charge in [0.2, 0.25) is 0 Å². The quantitative estimate of drug-likeness (QED) is 0.735. The van der Waals surface area contributed by atoms with E-state index in [9.17, 15) is 5.11 Å². The van der Waals surface area contributed by atoms with Crippen LogP contribution in [0.4, 0.5) is 0 Å². The van der Waals surface area contributed by atoms with Gasteiger partial charge in [-0.2, -0.15) is 5.10 Å². The molecule has 2 heterocycles. The fraction of sp³-hybridized carbons (Fsp3) is 0.250. The van der Waals surface area contributed by atoms with Crippen LogP contribution in [0.1, 0.15) is 26.5 Å². The van der Waals surface area contributed by atoms with Crippen LogP contribution in [0, 0.1) is 0 Å². The standard InChI is InChI=1S/C16H17N3O/c1-16(2,3)14-10-15-17-12(8-9-19(15)18-14)11-6-4-5-7-13(11)20/h4-10,20H,1-3H3. The summed E-state index contributed by atoms with van der Waals surface area (Å²) in [5.74, 6) is 0.236. The Balaban J connectivity index is 2.14. The summed E-state index contributed by atoms with van der Waals surface area (Å²) in [4.78, 5) is 4.58. The summed E-state index contributed by atoms with van der Waals surface area (Å²) >= 11 is 0. The van der Waals surface area contributed by atoms with Gasteiger partial charge in [0.15, 0.2) is 5.65 Å². The fourth-order valence-corrected chi connectivity index (χ4v) is 2.09. The number of benzene rings is 1. The van der Waals surface area contributed by atoms with Gasteiger partial charge in [0.05, 0.1) is 11.4 Å². The van der Waals surface area contributed by atoms with Crippen molar-refractivity contribution in [2.75, 3.05) is 0 Å². The van der Waals surface area contributed by atoms with Crippen LogP contribution in [0.15, 0.2) is 42.6 Å². The summed E-state index contributed by atoms with van der Waals surface area (Å²) in [6.07, 6.45) is 1.87. The highest BCUT2D eigenvalue weighted by molar-refractivity contribution is 5.67. The highest BCUT2D eigenvalue weighted by Crippen LogP contribution is 2.28. The van der Waals surface area contributed by atoms with E-state index in [1.807, 2.05) is 30.5 Å². The zero-order valence-corrected chi connectivity index (χ0v) is 11.8. The molecule has 1 aromatic carbocycles. The zero-order valence-electron chi connectivity index (χ0n) is 11.8. The molecule has 3 aromatic rings. The van der Waals surface area contributed by atoms with E-state index in [-0.39, 0.29) is 11.2 Å². The molecular weight excluding hydrogens is 250 g/mol. The van der Waals surface area contributed by atoms with E-state index in [1.165, 1.54) is 0 Å². The van der Waals surface area contributed by atoms with Gasteiger partial charge in [0.25, 0.3) is 0 Å². The molecule has 3 rings (SSSR count). The van der Waals surface area contributed by atoms with Gasteiger partial charge in [-0.15, -0.1) is 0 Å². The zero-order chi connectivity index (χ0) is 14.3. The van der Waals surface area contributed by atoms with E-state index in [2.05, 4.69) is 30.9 Å². The molecule has 0 aliphatic heterocycles. The lowest BCUT2D eigenvalue weighted by atomic mass is 9.93. The predicted octanol–water partition coefficient (Wildman–Crippen LogP) is 3.40. The third kappa shape index (κ3) is 2.13. The topological polar surface area (TPSA) is 50.4 Å². The number of hydrogen-bond donors (Lipinski definition) is 1. The first kappa shape index (κ1) is 12.7. The average Bonchev–Trinajstić information content (AvgIpc) is 2.82. The van der Waals surface area contributed by atoms with Gasteiger partial charge in [-0.05, 0) is 18.2 Å². The van der Waals surface area contributed by atoms with Gasteiger partial charge in [-0.1, -0.05) is 32.9 Å². The lowest BCUT2D eigenvalue weighted by Gasteiger charge is -2.13. The number of hydrogen-bond acceptors (Lipinski definition) is 3. The van der Waals surface area contributed by atoms with Crippen LogP contribution in [0.25, 0.3) is 16.9 Å². The number of fused-ring (bicyclic) bond motifs is 1. The molecule has 0 unspecified atom stereocenters. The molecule has 0 saturated carbocycles. The van der Waals surface area contributed by atoms with E-state index < -0.39 is 0 Å². The van der Waals surface area contributed by atoms with Crippen molar-refractivity contribution in [3.63, 3.8) is 0 Å². The van der Waals surface area contributed by atoms with Crippen molar-refractivity contribution in [1.29, 1.82) is 0 Å². The Bertz CT molecular complexity index is 769. The first-order chi connectivity index (χ1) is 9.45. The van der Waals surface area contributed by atoms with Gasteiger partial charge in [-0.3, -0.25) is 0 Å². The Morgan fingerprint density at radius 3 is 2.55 bits per heavy atom. The third-order valence-electron chi connectivity index (χ3n) is 3.27. The Labute approximate surface area is 117 Å². The minimum absolute atomic E-state index is 0.0112. The summed E-state index contributed by atoms with van der Waals surface area (Å²) in [6.45, 7) is 6.37. The molecular formula is C16H17N3O. The predicted molar refractivity (Wildman–Crippen MR) is 78.8 cm³/mol. The second-order valence-corrected chi connectivity index (χ2v) is 5.91. The molecule has 0 saturated heterocycles. The number of phenolic OH excluding ortho intramolecular Hbond substituents is 1. The Morgan fingerprint density at radius 2 is 1.85 bits per heavy atom. The molecule has 20 heavy (non-hydrogen) atoms. The molecule has 102 valence electrons. The number of aromatic nitrogens is 3. The van der Waals surface area contributed by atoms with E-state index in [1.54, 1.807) is 16.6 Å². The van der Waals surface area contributed by atoms with Crippen LogP contribution in [-0.2, 0) is 5.41 Å². The van der Waals surface area contributed by atoms with Gasteiger partial charge < -0.3 is 5.11 Å². The van der Waals surface area contributed by atoms with E-state index in [0.29, 0.717) is 0 Å². The van der Waals surface area contributed by atoms with Crippen molar-refractivity contribution in [2.24, 2.45) is 0 Å². The summed E-state index contributed by atoms with van der Waals surface area (Å²) in [6, 6.07) is 11.1. The largest absolute Gasteiger partial charge is 0.507 e. The number of nitrogens with zero attached hydrogens (tertiary/aromatic N) is 3. The number of phenols is 1. The molecule has 2 aromatic heterocycles. The van der Waals surface area contributed by atoms with Gasteiger partial charge in [0.1, 0.15) is 5.75 Å². The molecule has 0 fully saturated rings. The number of aromatic hydroxyl groups is 1. The van der Waals surface area contributed by atoms with Crippen LogP contribution in [0.3, 0.4) is 0 Å². The first-order valence-corrected chi connectivity index (χ1v) is 6.60. The highest BCUT2D eigenvalue weighted by Gasteiger charge is 2.18. The summed E-state index contributed by atoms with van der Waals surface area (Å²) in [5, 5.41) is 14.4. The Hall–Kier alpha value is -2.36. The number of para-hydroxylation sites is 1. The van der Waals surface area contributed by atoms with Crippen LogP contribution >= 0.6 is 0 Å². The Morgan fingerprint density at radius 1 is 1.10 bits per heavy atom. The molecule has 0 spiro atoms. The molecule has 0 aliphatic carbocycles. The molecule has 4 nitrogen and oxygen atoms in total. The van der Waals surface area contributed by atoms with Crippen LogP contribution in [0.2, 0.25) is 0 Å². The summed E-state index contributed by atoms with van der Waals surface area (Å²) in [7, 11) is 0. The summed E-state index contributed by atoms with van der Waals surface area (Å²) in [5.41, 5.74) is 3.25. The fourth-order valence-electron chi connectivity index (χ4n) is 2.09. The first-order valence-electron chi connectivity index (χ1n) is 6.60. The molecule has 0 atom stereocenters. The van der Waals surface area contributed by atoms with E-state index in [0.717, 1.165) is 22.6 Å². The monoisotopic (exact) mass is 267 g/mol. The molecule has 0 bridgehead atoms. The average molecular weight is 267 g/mol. The van der Waals surface area contributed by atoms with Crippen LogP contribution in [0.5, 0.6) is 5.75 Å². The lowest BCUT2D eigenvalue weighted by molar-refractivity contribution is 0.477. The second kappa shape index (κ2) is 4.34. The molecule has 1 N–H and O–H groups in total. The minimum Gasteiger partial charge on any atom is -0.507 e. The van der Waals surface area contributed by atoms with Gasteiger partial charge in [-0.25, -0.2) is 9.50 Å². The maximum atomic E-state index is 9.91. The van der Waals surface area contributed by atoms with Crippen molar-refractivity contribution in [1.82, 2.24) is 14.6 Å². The molecule has 0 aliphatic rings. The van der Waals surface area contributed by atoms with Crippen molar-refractivity contribution in [2.45, 2.75) is 26.2 Å². The second-order valence-electron chi connectivity index (χ2n) is 5.91. The highest BCUT2D eigenvalue weighted by atomic mass is 16.3. The maximum absolute atomic E-state index is 9.91. The maximum Gasteiger partial charge on any atom is 0.155 e. The number of rotatable bonds is 1. The Kier molecular flexibility index (Phi) is 2.74. The normalized spacial score (nSPS) is 11.9. The summed E-state index contributed by atoms with van der Waals surface area (Å²) < 4.78 is 1.77. The van der Waals surface area contributed by atoms with Crippen LogP contribution < -0.4 is 0 Å². The van der Waals surface area contributed by atoms with Crippen molar-refractivity contribution < 1.29 is 5.11 Å². The minimum atomic E-state index is -0.0112.